The Balaban J connectivity index is 1.89. The molecule has 4 heteroatoms. The molecule has 1 amide bonds. The number of aromatic nitrogens is 1. The summed E-state index contributed by atoms with van der Waals surface area (Å²) in [5.41, 5.74) is 7.54. The van der Waals surface area contributed by atoms with Crippen molar-refractivity contribution >= 4 is 16.8 Å². The van der Waals surface area contributed by atoms with Crippen LogP contribution in [0.3, 0.4) is 0 Å². The Morgan fingerprint density at radius 3 is 3.06 bits per heavy atom. The second-order valence-corrected chi connectivity index (χ2v) is 4.58. The fourth-order valence-electron chi connectivity index (χ4n) is 2.34. The maximum atomic E-state index is 12.2. The van der Waals surface area contributed by atoms with Crippen molar-refractivity contribution in [2.75, 3.05) is 13.1 Å². The van der Waals surface area contributed by atoms with Crippen LogP contribution < -0.4 is 5.73 Å². The summed E-state index contributed by atoms with van der Waals surface area (Å²) in [7, 11) is 0. The van der Waals surface area contributed by atoms with Gasteiger partial charge in [0, 0.05) is 36.4 Å². The Morgan fingerprint density at radius 2 is 2.29 bits per heavy atom. The number of likely N-dealkylation sites (tertiary alicyclic amines) is 1. The van der Waals surface area contributed by atoms with E-state index in [-0.39, 0.29) is 11.9 Å². The normalized spacial score (nSPS) is 20.1. The monoisotopic (exact) mass is 229 g/mol. The molecule has 17 heavy (non-hydrogen) atoms. The molecular formula is C13H15N3O. The van der Waals surface area contributed by atoms with Gasteiger partial charge in [0.2, 0.25) is 0 Å². The molecule has 1 atom stereocenters. The van der Waals surface area contributed by atoms with Crippen molar-refractivity contribution in [3.63, 3.8) is 0 Å². The number of hydrogen-bond donors (Lipinski definition) is 2. The first-order valence-electron chi connectivity index (χ1n) is 5.86. The van der Waals surface area contributed by atoms with Gasteiger partial charge in [0.25, 0.3) is 5.91 Å². The summed E-state index contributed by atoms with van der Waals surface area (Å²) in [6, 6.07) is 7.88. The van der Waals surface area contributed by atoms with Crippen molar-refractivity contribution in [1.82, 2.24) is 9.88 Å². The predicted octanol–water partition coefficient (Wildman–Crippen LogP) is 1.34. The molecule has 0 aliphatic carbocycles. The highest BCUT2D eigenvalue weighted by Gasteiger charge is 2.24. The summed E-state index contributed by atoms with van der Waals surface area (Å²) >= 11 is 0. The van der Waals surface area contributed by atoms with E-state index in [9.17, 15) is 4.79 Å². The number of nitrogens with one attached hydrogen (secondary N) is 1. The van der Waals surface area contributed by atoms with E-state index in [1.807, 2.05) is 35.4 Å². The quantitative estimate of drug-likeness (QED) is 0.775. The summed E-state index contributed by atoms with van der Waals surface area (Å²) in [6.07, 6.45) is 2.78. The first kappa shape index (κ1) is 10.4. The molecule has 1 fully saturated rings. The average Bonchev–Trinajstić information content (AvgIpc) is 2.95. The van der Waals surface area contributed by atoms with Gasteiger partial charge in [-0.15, -0.1) is 0 Å². The van der Waals surface area contributed by atoms with Crippen LogP contribution in [0.25, 0.3) is 10.9 Å². The number of rotatable bonds is 1. The molecule has 1 aliphatic heterocycles. The second kappa shape index (κ2) is 3.89. The summed E-state index contributed by atoms with van der Waals surface area (Å²) in [6.45, 7) is 1.43. The molecule has 0 spiro atoms. The minimum atomic E-state index is 0.0782. The molecule has 1 aromatic carbocycles. The van der Waals surface area contributed by atoms with E-state index in [4.69, 9.17) is 5.73 Å². The van der Waals surface area contributed by atoms with Crippen LogP contribution >= 0.6 is 0 Å². The molecule has 3 rings (SSSR count). The fraction of sp³-hybridized carbons (Fsp3) is 0.308. The molecule has 88 valence electrons. The van der Waals surface area contributed by atoms with Crippen LogP contribution in [0, 0.1) is 0 Å². The zero-order valence-corrected chi connectivity index (χ0v) is 9.52. The Morgan fingerprint density at radius 1 is 1.41 bits per heavy atom. The second-order valence-electron chi connectivity index (χ2n) is 4.58. The number of benzene rings is 1. The molecule has 0 unspecified atom stereocenters. The van der Waals surface area contributed by atoms with E-state index in [0.29, 0.717) is 6.54 Å². The standard InChI is InChI=1S/C13H15N3O/c14-11-4-6-16(8-11)13(17)10-2-1-9-3-5-15-12(9)7-10/h1-3,5,7,11,15H,4,6,8,14H2/t11-/m1/s1. The van der Waals surface area contributed by atoms with Gasteiger partial charge in [0.15, 0.2) is 0 Å². The SMILES string of the molecule is N[C@@H]1CCN(C(=O)c2ccc3cc[nH]c3c2)C1. The molecule has 2 heterocycles. The molecule has 0 bridgehead atoms. The van der Waals surface area contributed by atoms with Gasteiger partial charge in [-0.25, -0.2) is 0 Å². The number of carbonyl (C=O) groups excluding carboxylic acids is 1. The van der Waals surface area contributed by atoms with E-state index in [0.717, 1.165) is 29.4 Å². The van der Waals surface area contributed by atoms with Gasteiger partial charge in [0.1, 0.15) is 0 Å². The summed E-state index contributed by atoms with van der Waals surface area (Å²) in [5, 5.41) is 1.12. The first-order chi connectivity index (χ1) is 8.24. The molecular weight excluding hydrogens is 214 g/mol. The highest BCUT2D eigenvalue weighted by atomic mass is 16.2. The van der Waals surface area contributed by atoms with E-state index >= 15 is 0 Å². The zero-order chi connectivity index (χ0) is 11.8. The number of nitrogens with zero attached hydrogens (tertiary/aromatic N) is 1. The Labute approximate surface area is 99.4 Å². The number of carbonyl (C=O) groups is 1. The van der Waals surface area contributed by atoms with Crippen molar-refractivity contribution in [3.05, 3.63) is 36.0 Å². The molecule has 0 radical (unpaired) electrons. The lowest BCUT2D eigenvalue weighted by atomic mass is 10.1. The van der Waals surface area contributed by atoms with Crippen LogP contribution in [-0.2, 0) is 0 Å². The number of aromatic amines is 1. The summed E-state index contributed by atoms with van der Waals surface area (Å²) < 4.78 is 0. The van der Waals surface area contributed by atoms with Crippen LogP contribution in [0.1, 0.15) is 16.8 Å². The lowest BCUT2D eigenvalue weighted by Crippen LogP contribution is -2.31. The number of amides is 1. The molecule has 0 saturated carbocycles. The van der Waals surface area contributed by atoms with Gasteiger partial charge >= 0.3 is 0 Å². The number of nitrogens with two attached hydrogens (primary N) is 1. The van der Waals surface area contributed by atoms with Gasteiger partial charge in [-0.1, -0.05) is 6.07 Å². The van der Waals surface area contributed by atoms with Crippen LogP contribution in [0.15, 0.2) is 30.5 Å². The van der Waals surface area contributed by atoms with Crippen LogP contribution in [0.4, 0.5) is 0 Å². The largest absolute Gasteiger partial charge is 0.361 e. The minimum absolute atomic E-state index is 0.0782. The topological polar surface area (TPSA) is 62.1 Å². The lowest BCUT2D eigenvalue weighted by Gasteiger charge is -2.15. The first-order valence-corrected chi connectivity index (χ1v) is 5.86. The predicted molar refractivity (Wildman–Crippen MR) is 66.8 cm³/mol. The summed E-state index contributed by atoms with van der Waals surface area (Å²) in [5.74, 6) is 0.0782. The van der Waals surface area contributed by atoms with Gasteiger partial charge < -0.3 is 15.6 Å². The third-order valence-electron chi connectivity index (χ3n) is 3.31. The minimum Gasteiger partial charge on any atom is -0.361 e. The van der Waals surface area contributed by atoms with Crippen LogP contribution in [-0.4, -0.2) is 34.9 Å². The van der Waals surface area contributed by atoms with Gasteiger partial charge in [-0.3, -0.25) is 4.79 Å². The summed E-state index contributed by atoms with van der Waals surface area (Å²) in [4.78, 5) is 17.2. The molecule has 1 aliphatic rings. The smallest absolute Gasteiger partial charge is 0.253 e. The number of fused-ring (bicyclic) bond motifs is 1. The molecule has 1 aromatic heterocycles. The highest BCUT2D eigenvalue weighted by molar-refractivity contribution is 5.98. The van der Waals surface area contributed by atoms with Crippen molar-refractivity contribution < 1.29 is 4.79 Å². The van der Waals surface area contributed by atoms with Crippen molar-refractivity contribution in [2.24, 2.45) is 5.73 Å². The third-order valence-corrected chi connectivity index (χ3v) is 3.31. The Hall–Kier alpha value is -1.81. The van der Waals surface area contributed by atoms with Gasteiger partial charge in [-0.05, 0) is 30.0 Å². The van der Waals surface area contributed by atoms with Gasteiger partial charge in [-0.2, -0.15) is 0 Å². The number of H-pyrrole nitrogens is 1. The molecule has 2 aromatic rings. The Bertz CT molecular complexity index is 561. The average molecular weight is 229 g/mol. The maximum Gasteiger partial charge on any atom is 0.253 e. The van der Waals surface area contributed by atoms with Crippen molar-refractivity contribution in [1.29, 1.82) is 0 Å². The van der Waals surface area contributed by atoms with Gasteiger partial charge in [0.05, 0.1) is 0 Å². The zero-order valence-electron chi connectivity index (χ0n) is 9.52. The third kappa shape index (κ3) is 1.80. The highest BCUT2D eigenvalue weighted by Crippen LogP contribution is 2.17. The van der Waals surface area contributed by atoms with Crippen molar-refractivity contribution in [2.45, 2.75) is 12.5 Å². The van der Waals surface area contributed by atoms with Crippen LogP contribution in [0.2, 0.25) is 0 Å². The van der Waals surface area contributed by atoms with E-state index in [1.54, 1.807) is 0 Å². The maximum absolute atomic E-state index is 12.2. The van der Waals surface area contributed by atoms with E-state index in [1.165, 1.54) is 0 Å². The number of hydrogen-bond acceptors (Lipinski definition) is 2. The van der Waals surface area contributed by atoms with E-state index in [2.05, 4.69) is 4.98 Å². The van der Waals surface area contributed by atoms with Crippen LogP contribution in [0.5, 0.6) is 0 Å². The molecule has 1 saturated heterocycles. The molecule has 3 N–H and O–H groups in total. The lowest BCUT2D eigenvalue weighted by molar-refractivity contribution is 0.0791. The Kier molecular flexibility index (Phi) is 2.37. The van der Waals surface area contributed by atoms with E-state index < -0.39 is 0 Å². The fourth-order valence-corrected chi connectivity index (χ4v) is 2.34. The van der Waals surface area contributed by atoms with Crippen molar-refractivity contribution in [3.8, 4) is 0 Å². The molecule has 4 nitrogen and oxygen atoms in total.